The van der Waals surface area contributed by atoms with Crippen LogP contribution in [0.1, 0.15) is 76.3 Å². The first-order valence-corrected chi connectivity index (χ1v) is 10.5. The lowest BCUT2D eigenvalue weighted by atomic mass is 9.92. The second-order valence-electron chi connectivity index (χ2n) is 7.22. The maximum absolute atomic E-state index is 12.5. The van der Waals surface area contributed by atoms with Gasteiger partial charge in [0.25, 0.3) is 0 Å². The van der Waals surface area contributed by atoms with Crippen molar-refractivity contribution in [3.8, 4) is 0 Å². The molecule has 142 valence electrons. The van der Waals surface area contributed by atoms with Gasteiger partial charge in [0.2, 0.25) is 5.91 Å². The molecule has 4 nitrogen and oxygen atoms in total. The molecule has 1 amide bonds. The molecule has 0 bridgehead atoms. The summed E-state index contributed by atoms with van der Waals surface area (Å²) in [5, 5.41) is 4.16. The Morgan fingerprint density at radius 3 is 2.38 bits per heavy atom. The van der Waals surface area contributed by atoms with E-state index >= 15 is 0 Å². The topological polar surface area (TPSA) is 57.8 Å². The van der Waals surface area contributed by atoms with Gasteiger partial charge in [0.15, 0.2) is 5.16 Å². The fourth-order valence-electron chi connectivity index (χ4n) is 2.96. The van der Waals surface area contributed by atoms with E-state index in [-0.39, 0.29) is 5.91 Å². The molecule has 1 aromatic carbocycles. The van der Waals surface area contributed by atoms with Crippen LogP contribution in [0.2, 0.25) is 0 Å². The molecule has 2 N–H and O–H groups in total. The number of amides is 1. The summed E-state index contributed by atoms with van der Waals surface area (Å²) in [5.74, 6) is 1.94. The smallest absolute Gasteiger partial charge is 0.224 e. The number of aromatic amines is 1. The average Bonchev–Trinajstić information content (AvgIpc) is 3.11. The third-order valence-corrected chi connectivity index (χ3v) is 5.39. The number of para-hydroxylation sites is 1. The van der Waals surface area contributed by atoms with Gasteiger partial charge in [0, 0.05) is 30.3 Å². The Morgan fingerprint density at radius 2 is 1.81 bits per heavy atom. The van der Waals surface area contributed by atoms with Crippen LogP contribution < -0.4 is 5.32 Å². The maximum atomic E-state index is 12.5. The Bertz CT molecular complexity index is 654. The largest absolute Gasteiger partial charge is 0.340 e. The molecule has 1 aromatic heterocycles. The van der Waals surface area contributed by atoms with Crippen LogP contribution in [-0.4, -0.2) is 21.6 Å². The molecule has 1 heterocycles. The van der Waals surface area contributed by atoms with E-state index < -0.39 is 0 Å². The van der Waals surface area contributed by atoms with Crippen LogP contribution in [0.15, 0.2) is 35.7 Å². The molecular weight excluding hydrogens is 342 g/mol. The Hall–Kier alpha value is -1.75. The number of hydrogen-bond acceptors (Lipinski definition) is 3. The fraction of sp³-hybridized carbons (Fsp3) is 0.524. The second-order valence-corrected chi connectivity index (χ2v) is 8.31. The van der Waals surface area contributed by atoms with Crippen molar-refractivity contribution in [2.75, 3.05) is 11.1 Å². The number of carbonyl (C=O) groups excluding carboxylic acids is 1. The molecule has 0 fully saturated rings. The number of anilines is 1. The highest BCUT2D eigenvalue weighted by molar-refractivity contribution is 7.99. The number of aromatic nitrogens is 2. The molecule has 26 heavy (non-hydrogen) atoms. The van der Waals surface area contributed by atoms with Gasteiger partial charge >= 0.3 is 0 Å². The van der Waals surface area contributed by atoms with Gasteiger partial charge in [-0.05, 0) is 35.8 Å². The van der Waals surface area contributed by atoms with Gasteiger partial charge < -0.3 is 10.3 Å². The summed E-state index contributed by atoms with van der Waals surface area (Å²) in [6.07, 6.45) is 7.27. The van der Waals surface area contributed by atoms with Crippen LogP contribution >= 0.6 is 11.8 Å². The molecule has 0 saturated carbocycles. The second kappa shape index (κ2) is 10.4. The zero-order valence-electron chi connectivity index (χ0n) is 16.3. The van der Waals surface area contributed by atoms with Gasteiger partial charge in [0.05, 0.1) is 0 Å². The zero-order chi connectivity index (χ0) is 18.9. The zero-order valence-corrected chi connectivity index (χ0v) is 17.2. The Labute approximate surface area is 161 Å². The van der Waals surface area contributed by atoms with Crippen molar-refractivity contribution in [3.63, 3.8) is 0 Å². The lowest BCUT2D eigenvalue weighted by Crippen LogP contribution is -2.15. The molecule has 0 saturated heterocycles. The number of H-pyrrole nitrogens is 1. The van der Waals surface area contributed by atoms with E-state index in [0.717, 1.165) is 35.9 Å². The predicted octanol–water partition coefficient (Wildman–Crippen LogP) is 5.95. The summed E-state index contributed by atoms with van der Waals surface area (Å²) < 4.78 is 0. The van der Waals surface area contributed by atoms with Crippen molar-refractivity contribution in [1.82, 2.24) is 9.97 Å². The standard InChI is InChI=1S/C21H31N3OS/c1-15(2)17-9-8-10-18(16(3)4)20(17)24-19(25)11-6-5-7-14-26-21-22-12-13-23-21/h8-10,12-13,15-16H,5-7,11,14H2,1-4H3,(H,22,23)(H,24,25). The first-order valence-electron chi connectivity index (χ1n) is 9.54. The van der Waals surface area contributed by atoms with Gasteiger partial charge in [-0.3, -0.25) is 4.79 Å². The van der Waals surface area contributed by atoms with E-state index in [4.69, 9.17) is 0 Å². The summed E-state index contributed by atoms with van der Waals surface area (Å²) in [5.41, 5.74) is 3.47. The van der Waals surface area contributed by atoms with Crippen LogP contribution in [0, 0.1) is 0 Å². The molecule has 0 spiro atoms. The lowest BCUT2D eigenvalue weighted by molar-refractivity contribution is -0.116. The lowest BCUT2D eigenvalue weighted by Gasteiger charge is -2.20. The van der Waals surface area contributed by atoms with E-state index in [0.29, 0.717) is 18.3 Å². The number of carbonyl (C=O) groups is 1. The molecule has 2 rings (SSSR count). The van der Waals surface area contributed by atoms with Crippen molar-refractivity contribution in [2.45, 2.75) is 70.4 Å². The first-order chi connectivity index (χ1) is 12.5. The van der Waals surface area contributed by atoms with Crippen LogP contribution in [0.4, 0.5) is 5.69 Å². The third kappa shape index (κ3) is 6.20. The van der Waals surface area contributed by atoms with Crippen molar-refractivity contribution in [2.24, 2.45) is 0 Å². The molecule has 0 unspecified atom stereocenters. The highest BCUT2D eigenvalue weighted by atomic mass is 32.2. The number of unbranched alkanes of at least 4 members (excludes halogenated alkanes) is 2. The minimum atomic E-state index is 0.124. The molecule has 0 radical (unpaired) electrons. The van der Waals surface area contributed by atoms with Gasteiger partial charge in [-0.25, -0.2) is 4.98 Å². The third-order valence-electron chi connectivity index (χ3n) is 4.40. The highest BCUT2D eigenvalue weighted by Crippen LogP contribution is 2.32. The van der Waals surface area contributed by atoms with Crippen LogP contribution in [0.5, 0.6) is 0 Å². The van der Waals surface area contributed by atoms with Crippen LogP contribution in [-0.2, 0) is 4.79 Å². The minimum absolute atomic E-state index is 0.124. The summed E-state index contributed by atoms with van der Waals surface area (Å²) in [4.78, 5) is 19.7. The maximum Gasteiger partial charge on any atom is 0.224 e. The molecule has 0 aliphatic rings. The van der Waals surface area contributed by atoms with Crippen molar-refractivity contribution in [3.05, 3.63) is 41.7 Å². The number of thioether (sulfide) groups is 1. The molecule has 5 heteroatoms. The van der Waals surface area contributed by atoms with E-state index in [2.05, 4.69) is 61.2 Å². The van der Waals surface area contributed by atoms with Crippen molar-refractivity contribution in [1.29, 1.82) is 0 Å². The molecule has 0 atom stereocenters. The highest BCUT2D eigenvalue weighted by Gasteiger charge is 2.15. The molecular formula is C21H31N3OS. The number of hydrogen-bond donors (Lipinski definition) is 2. The Balaban J connectivity index is 1.80. The number of nitrogens with one attached hydrogen (secondary N) is 2. The summed E-state index contributed by atoms with van der Waals surface area (Å²) in [6.45, 7) is 8.69. The van der Waals surface area contributed by atoms with Crippen molar-refractivity contribution < 1.29 is 4.79 Å². The molecule has 2 aromatic rings. The van der Waals surface area contributed by atoms with Gasteiger partial charge in [0.1, 0.15) is 0 Å². The number of imidazole rings is 1. The van der Waals surface area contributed by atoms with E-state index in [9.17, 15) is 4.79 Å². The monoisotopic (exact) mass is 373 g/mol. The average molecular weight is 374 g/mol. The van der Waals surface area contributed by atoms with E-state index in [1.807, 2.05) is 6.20 Å². The van der Waals surface area contributed by atoms with Gasteiger partial charge in [-0.1, -0.05) is 64.1 Å². The van der Waals surface area contributed by atoms with Gasteiger partial charge in [-0.15, -0.1) is 0 Å². The first kappa shape index (κ1) is 20.6. The predicted molar refractivity (Wildman–Crippen MR) is 111 cm³/mol. The fourth-order valence-corrected chi connectivity index (χ4v) is 3.79. The Morgan fingerprint density at radius 1 is 1.12 bits per heavy atom. The minimum Gasteiger partial charge on any atom is -0.340 e. The summed E-state index contributed by atoms with van der Waals surface area (Å²) in [6, 6.07) is 6.34. The van der Waals surface area contributed by atoms with E-state index in [1.165, 1.54) is 11.1 Å². The van der Waals surface area contributed by atoms with E-state index in [1.54, 1.807) is 18.0 Å². The summed E-state index contributed by atoms with van der Waals surface area (Å²) in [7, 11) is 0. The number of rotatable bonds is 10. The summed E-state index contributed by atoms with van der Waals surface area (Å²) >= 11 is 1.73. The normalized spacial score (nSPS) is 11.3. The molecule has 0 aliphatic carbocycles. The van der Waals surface area contributed by atoms with Crippen LogP contribution in [0.25, 0.3) is 0 Å². The quantitative estimate of drug-likeness (QED) is 0.400. The van der Waals surface area contributed by atoms with Crippen molar-refractivity contribution >= 4 is 23.4 Å². The Kier molecular flexibility index (Phi) is 8.23. The number of nitrogens with zero attached hydrogens (tertiary/aromatic N) is 1. The van der Waals surface area contributed by atoms with Crippen LogP contribution in [0.3, 0.4) is 0 Å². The number of benzene rings is 1. The SMILES string of the molecule is CC(C)c1cccc(C(C)C)c1NC(=O)CCCCCSc1ncc[nH]1. The van der Waals surface area contributed by atoms with Gasteiger partial charge in [-0.2, -0.15) is 0 Å². The molecule has 0 aliphatic heterocycles.